The summed E-state index contributed by atoms with van der Waals surface area (Å²) in [6, 6.07) is 10.0. The predicted molar refractivity (Wildman–Crippen MR) is 83.7 cm³/mol. The molecular formula is C15H12BrClN2. The molecule has 96 valence electrons. The van der Waals surface area contributed by atoms with Gasteiger partial charge in [0, 0.05) is 15.1 Å². The van der Waals surface area contributed by atoms with Gasteiger partial charge in [-0.05, 0) is 55.3 Å². The first-order chi connectivity index (χ1) is 9.04. The zero-order valence-corrected chi connectivity index (χ0v) is 12.9. The third kappa shape index (κ3) is 2.28. The quantitative estimate of drug-likeness (QED) is 0.645. The molecule has 0 aliphatic heterocycles. The highest BCUT2D eigenvalue weighted by molar-refractivity contribution is 9.10. The molecule has 0 unspecified atom stereocenters. The van der Waals surface area contributed by atoms with Crippen molar-refractivity contribution in [3.8, 4) is 11.4 Å². The van der Waals surface area contributed by atoms with E-state index < -0.39 is 0 Å². The standard InChI is InChI=1S/C15H12BrClN2/c1-8-5-10(3-4-12(8)17)15-18-13-7-11(16)6-9(2)14(13)19-15/h3-7H,1-2H3,(H,18,19). The summed E-state index contributed by atoms with van der Waals surface area (Å²) in [7, 11) is 0. The van der Waals surface area contributed by atoms with Crippen molar-refractivity contribution in [2.75, 3.05) is 0 Å². The Hall–Kier alpha value is -1.32. The number of aromatic amines is 1. The van der Waals surface area contributed by atoms with Gasteiger partial charge in [-0.1, -0.05) is 27.5 Å². The molecule has 0 saturated carbocycles. The highest BCUT2D eigenvalue weighted by Gasteiger charge is 2.09. The molecule has 3 rings (SSSR count). The molecule has 1 N–H and O–H groups in total. The Balaban J connectivity index is 2.20. The number of H-pyrrole nitrogens is 1. The van der Waals surface area contributed by atoms with E-state index in [-0.39, 0.29) is 0 Å². The van der Waals surface area contributed by atoms with E-state index in [4.69, 9.17) is 11.6 Å². The molecular weight excluding hydrogens is 324 g/mol. The second-order valence-electron chi connectivity index (χ2n) is 4.67. The van der Waals surface area contributed by atoms with Crippen LogP contribution in [0.15, 0.2) is 34.8 Å². The third-order valence-electron chi connectivity index (χ3n) is 3.17. The van der Waals surface area contributed by atoms with Crippen LogP contribution in [0.25, 0.3) is 22.4 Å². The number of imidazole rings is 1. The summed E-state index contributed by atoms with van der Waals surface area (Å²) in [5.74, 6) is 0.871. The van der Waals surface area contributed by atoms with Gasteiger partial charge in [-0.2, -0.15) is 0 Å². The molecule has 4 heteroatoms. The SMILES string of the molecule is Cc1cc(-c2nc3c(C)cc(Br)cc3[nH]2)ccc1Cl. The van der Waals surface area contributed by atoms with Gasteiger partial charge in [0.2, 0.25) is 0 Å². The first-order valence-electron chi connectivity index (χ1n) is 5.97. The molecule has 0 aliphatic rings. The number of aryl methyl sites for hydroxylation is 2. The summed E-state index contributed by atoms with van der Waals surface area (Å²) in [6.07, 6.45) is 0. The van der Waals surface area contributed by atoms with E-state index in [1.54, 1.807) is 0 Å². The fraction of sp³-hybridized carbons (Fsp3) is 0.133. The Morgan fingerprint density at radius 3 is 2.63 bits per heavy atom. The van der Waals surface area contributed by atoms with Crippen LogP contribution in [0.2, 0.25) is 5.02 Å². The smallest absolute Gasteiger partial charge is 0.138 e. The fourth-order valence-corrected chi connectivity index (χ4v) is 2.87. The van der Waals surface area contributed by atoms with Crippen LogP contribution >= 0.6 is 27.5 Å². The summed E-state index contributed by atoms with van der Waals surface area (Å²) >= 11 is 9.56. The molecule has 1 aromatic heterocycles. The molecule has 0 radical (unpaired) electrons. The van der Waals surface area contributed by atoms with Crippen molar-refractivity contribution in [1.29, 1.82) is 0 Å². The van der Waals surface area contributed by atoms with Gasteiger partial charge < -0.3 is 4.98 Å². The Labute approximate surface area is 124 Å². The molecule has 0 amide bonds. The molecule has 0 atom stereocenters. The first-order valence-corrected chi connectivity index (χ1v) is 7.14. The number of rotatable bonds is 1. The summed E-state index contributed by atoms with van der Waals surface area (Å²) < 4.78 is 1.06. The molecule has 3 aromatic rings. The average molecular weight is 336 g/mol. The van der Waals surface area contributed by atoms with Crippen LogP contribution in [0, 0.1) is 13.8 Å². The van der Waals surface area contributed by atoms with Crippen molar-refractivity contribution >= 4 is 38.6 Å². The summed E-state index contributed by atoms with van der Waals surface area (Å²) in [5.41, 5.74) is 5.30. The van der Waals surface area contributed by atoms with Gasteiger partial charge in [0.05, 0.1) is 11.0 Å². The lowest BCUT2D eigenvalue weighted by atomic mass is 10.1. The maximum atomic E-state index is 6.06. The lowest BCUT2D eigenvalue weighted by Gasteiger charge is -2.00. The Morgan fingerprint density at radius 2 is 1.89 bits per heavy atom. The zero-order chi connectivity index (χ0) is 13.6. The van der Waals surface area contributed by atoms with E-state index in [0.29, 0.717) is 0 Å². The molecule has 2 nitrogen and oxygen atoms in total. The number of fused-ring (bicyclic) bond motifs is 1. The Bertz CT molecular complexity index is 777. The Kier molecular flexibility index (Phi) is 3.11. The number of nitrogens with one attached hydrogen (secondary N) is 1. The van der Waals surface area contributed by atoms with Gasteiger partial charge in [-0.15, -0.1) is 0 Å². The van der Waals surface area contributed by atoms with Crippen LogP contribution in [-0.2, 0) is 0 Å². The average Bonchev–Trinajstić information content (AvgIpc) is 2.76. The number of benzene rings is 2. The topological polar surface area (TPSA) is 28.7 Å². The second-order valence-corrected chi connectivity index (χ2v) is 5.99. The normalized spacial score (nSPS) is 11.2. The maximum absolute atomic E-state index is 6.06. The van der Waals surface area contributed by atoms with Gasteiger partial charge in [-0.25, -0.2) is 4.98 Å². The van der Waals surface area contributed by atoms with Crippen molar-refractivity contribution in [2.24, 2.45) is 0 Å². The molecule has 0 bridgehead atoms. The number of nitrogens with zero attached hydrogens (tertiary/aromatic N) is 1. The highest BCUT2D eigenvalue weighted by Crippen LogP contribution is 2.27. The van der Waals surface area contributed by atoms with Crippen molar-refractivity contribution in [3.05, 3.63) is 51.0 Å². The van der Waals surface area contributed by atoms with Crippen molar-refractivity contribution < 1.29 is 0 Å². The lowest BCUT2D eigenvalue weighted by Crippen LogP contribution is -1.82. The van der Waals surface area contributed by atoms with Gasteiger partial charge in [-0.3, -0.25) is 0 Å². The maximum Gasteiger partial charge on any atom is 0.138 e. The van der Waals surface area contributed by atoms with E-state index in [9.17, 15) is 0 Å². The number of halogens is 2. The number of hydrogen-bond acceptors (Lipinski definition) is 1. The molecule has 2 aromatic carbocycles. The Morgan fingerprint density at radius 1 is 1.11 bits per heavy atom. The lowest BCUT2D eigenvalue weighted by molar-refractivity contribution is 1.32. The second kappa shape index (κ2) is 4.66. The molecule has 0 saturated heterocycles. The molecule has 0 spiro atoms. The van der Waals surface area contributed by atoms with Crippen molar-refractivity contribution in [3.63, 3.8) is 0 Å². The largest absolute Gasteiger partial charge is 0.338 e. The first kappa shape index (κ1) is 12.7. The van der Waals surface area contributed by atoms with E-state index in [2.05, 4.69) is 38.9 Å². The highest BCUT2D eigenvalue weighted by atomic mass is 79.9. The van der Waals surface area contributed by atoms with Gasteiger partial charge in [0.15, 0.2) is 0 Å². The minimum atomic E-state index is 0.777. The molecule has 0 aliphatic carbocycles. The van der Waals surface area contributed by atoms with Crippen LogP contribution < -0.4 is 0 Å². The van der Waals surface area contributed by atoms with Crippen molar-refractivity contribution in [2.45, 2.75) is 13.8 Å². The third-order valence-corrected chi connectivity index (χ3v) is 4.06. The van der Waals surface area contributed by atoms with E-state index >= 15 is 0 Å². The number of hydrogen-bond donors (Lipinski definition) is 1. The molecule has 1 heterocycles. The fourth-order valence-electron chi connectivity index (χ4n) is 2.18. The summed E-state index contributed by atoms with van der Waals surface area (Å²) in [5, 5.41) is 0.777. The van der Waals surface area contributed by atoms with Gasteiger partial charge in [0.25, 0.3) is 0 Å². The predicted octanol–water partition coefficient (Wildman–Crippen LogP) is 5.26. The van der Waals surface area contributed by atoms with Crippen LogP contribution in [0.3, 0.4) is 0 Å². The summed E-state index contributed by atoms with van der Waals surface area (Å²) in [6.45, 7) is 4.06. The van der Waals surface area contributed by atoms with Gasteiger partial charge >= 0.3 is 0 Å². The van der Waals surface area contributed by atoms with E-state index in [1.165, 1.54) is 0 Å². The minimum Gasteiger partial charge on any atom is -0.338 e. The molecule has 0 fully saturated rings. The van der Waals surface area contributed by atoms with Crippen LogP contribution in [0.5, 0.6) is 0 Å². The van der Waals surface area contributed by atoms with Crippen LogP contribution in [0.1, 0.15) is 11.1 Å². The van der Waals surface area contributed by atoms with Crippen LogP contribution in [0.4, 0.5) is 0 Å². The van der Waals surface area contributed by atoms with E-state index in [1.807, 2.05) is 31.2 Å². The minimum absolute atomic E-state index is 0.777. The van der Waals surface area contributed by atoms with Gasteiger partial charge in [0.1, 0.15) is 5.82 Å². The zero-order valence-electron chi connectivity index (χ0n) is 10.6. The van der Waals surface area contributed by atoms with Crippen LogP contribution in [-0.4, -0.2) is 9.97 Å². The van der Waals surface area contributed by atoms with Crippen molar-refractivity contribution in [1.82, 2.24) is 9.97 Å². The summed E-state index contributed by atoms with van der Waals surface area (Å²) in [4.78, 5) is 8.03. The molecule has 19 heavy (non-hydrogen) atoms. The number of aromatic nitrogens is 2. The monoisotopic (exact) mass is 334 g/mol. The van der Waals surface area contributed by atoms with E-state index in [0.717, 1.165) is 43.0 Å².